The lowest BCUT2D eigenvalue weighted by Gasteiger charge is -2.26. The van der Waals surface area contributed by atoms with Crippen molar-refractivity contribution in [2.24, 2.45) is 0 Å². The first-order valence-corrected chi connectivity index (χ1v) is 19.0. The van der Waals surface area contributed by atoms with Crippen LogP contribution in [0.4, 0.5) is 8.78 Å². The molecule has 1 N–H and O–H groups in total. The van der Waals surface area contributed by atoms with Crippen molar-refractivity contribution < 1.29 is 26.7 Å². The van der Waals surface area contributed by atoms with Gasteiger partial charge in [-0.05, 0) is 85.1 Å². The first-order chi connectivity index (χ1) is 26.1. The van der Waals surface area contributed by atoms with Crippen molar-refractivity contribution in [2.45, 2.75) is 42.7 Å². The monoisotopic (exact) mass is 751 g/mol. The second-order valence-electron chi connectivity index (χ2n) is 13.4. The number of nitrogens with one attached hydrogen (secondary N) is 1. The molecule has 1 aliphatic heterocycles. The number of fused-ring (bicyclic) bond motifs is 1. The minimum absolute atomic E-state index is 0.0291. The Hall–Kier alpha value is -5.64. The molecule has 0 radical (unpaired) electrons. The van der Waals surface area contributed by atoms with E-state index in [1.807, 2.05) is 18.2 Å². The van der Waals surface area contributed by atoms with E-state index in [-0.39, 0.29) is 66.6 Å². The van der Waals surface area contributed by atoms with E-state index in [4.69, 9.17) is 9.72 Å². The number of carbonyl (C=O) groups is 1. The minimum Gasteiger partial charge on any atom is -0.379 e. The van der Waals surface area contributed by atoms with Gasteiger partial charge in [0.25, 0.3) is 5.56 Å². The molecule has 54 heavy (non-hydrogen) atoms. The number of pyridine rings is 1. The molecule has 1 atom stereocenters. The van der Waals surface area contributed by atoms with Crippen molar-refractivity contribution in [3.8, 4) is 16.9 Å². The number of amides is 1. The molecule has 1 amide bonds. The lowest BCUT2D eigenvalue weighted by Crippen LogP contribution is -2.40. The zero-order chi connectivity index (χ0) is 37.4. The SMILES string of the molecule is O=C(Cn1ccc(C2CC2)n1)NC(Cc1cc(F)cc(F)c1)c1nc2cc(-c3ccccn3)ccc2c(=O)n1-c1ccc(S(=O)(=O)N2CCOCC2)cc1. The molecule has 6 aromatic rings. The van der Waals surface area contributed by atoms with E-state index in [2.05, 4.69) is 15.4 Å². The van der Waals surface area contributed by atoms with Crippen molar-refractivity contribution >= 4 is 26.8 Å². The summed E-state index contributed by atoms with van der Waals surface area (Å²) in [5, 5.41) is 7.74. The smallest absolute Gasteiger partial charge is 0.266 e. The predicted octanol–water partition coefficient (Wildman–Crippen LogP) is 4.92. The molecule has 2 fully saturated rings. The lowest BCUT2D eigenvalue weighted by atomic mass is 10.0. The van der Waals surface area contributed by atoms with Crippen LogP contribution in [0.1, 0.15) is 41.9 Å². The number of ether oxygens (including phenoxy) is 1. The highest BCUT2D eigenvalue weighted by Crippen LogP contribution is 2.38. The molecule has 1 unspecified atom stereocenters. The Bertz CT molecular complexity index is 2500. The van der Waals surface area contributed by atoms with Crippen LogP contribution in [0.2, 0.25) is 0 Å². The van der Waals surface area contributed by atoms with Crippen LogP contribution in [-0.2, 0) is 32.5 Å². The van der Waals surface area contributed by atoms with E-state index in [1.165, 1.54) is 37.8 Å². The number of halogens is 2. The molecule has 1 saturated heterocycles. The molecular formula is C39H35F2N7O5S. The summed E-state index contributed by atoms with van der Waals surface area (Å²) in [5.74, 6) is -1.64. The number of benzene rings is 3. The Labute approximate surface area is 309 Å². The molecule has 15 heteroatoms. The van der Waals surface area contributed by atoms with Gasteiger partial charge >= 0.3 is 0 Å². The van der Waals surface area contributed by atoms with Gasteiger partial charge in [-0.3, -0.25) is 23.8 Å². The molecule has 2 aliphatic rings. The summed E-state index contributed by atoms with van der Waals surface area (Å²) in [4.78, 5) is 37.7. The fraction of sp³-hybridized carbons (Fsp3) is 0.256. The van der Waals surface area contributed by atoms with Gasteiger partial charge in [0.2, 0.25) is 15.9 Å². The van der Waals surface area contributed by atoms with E-state index in [9.17, 15) is 26.8 Å². The van der Waals surface area contributed by atoms with E-state index < -0.39 is 39.2 Å². The van der Waals surface area contributed by atoms with E-state index >= 15 is 0 Å². The molecule has 3 aromatic heterocycles. The molecule has 3 aromatic carbocycles. The maximum Gasteiger partial charge on any atom is 0.266 e. The van der Waals surface area contributed by atoms with Gasteiger partial charge in [-0.15, -0.1) is 0 Å². The Morgan fingerprint density at radius 3 is 2.41 bits per heavy atom. The van der Waals surface area contributed by atoms with E-state index in [1.54, 1.807) is 36.7 Å². The van der Waals surface area contributed by atoms with E-state index in [0.717, 1.165) is 36.7 Å². The van der Waals surface area contributed by atoms with Crippen LogP contribution >= 0.6 is 0 Å². The van der Waals surface area contributed by atoms with Crippen molar-refractivity contribution in [1.29, 1.82) is 0 Å². The predicted molar refractivity (Wildman–Crippen MR) is 195 cm³/mol. The first kappa shape index (κ1) is 35.4. The van der Waals surface area contributed by atoms with Gasteiger partial charge in [0.1, 0.15) is 24.0 Å². The third kappa shape index (κ3) is 7.42. The van der Waals surface area contributed by atoms with Crippen LogP contribution in [0, 0.1) is 11.6 Å². The summed E-state index contributed by atoms with van der Waals surface area (Å²) in [6.07, 6.45) is 5.32. The van der Waals surface area contributed by atoms with Crippen LogP contribution in [0.3, 0.4) is 0 Å². The Morgan fingerprint density at radius 1 is 0.944 bits per heavy atom. The molecule has 12 nitrogen and oxygen atoms in total. The standard InChI is InChI=1S/C39H35F2N7O5S/c40-28-19-25(20-29(41)23-28)21-36(43-37(49)24-46-14-12-34(45-46)26-4-5-26)38-44-35-22-27(33-3-1-2-13-42-33)6-11-32(35)39(50)48(38)30-7-9-31(10-8-30)54(51,52)47-15-17-53-18-16-47/h1-3,6-14,19-20,22-23,26,36H,4-5,15-18,21,24H2,(H,43,49). The highest BCUT2D eigenvalue weighted by atomic mass is 32.2. The molecule has 1 aliphatic carbocycles. The largest absolute Gasteiger partial charge is 0.379 e. The molecule has 0 bridgehead atoms. The molecule has 0 spiro atoms. The third-order valence-corrected chi connectivity index (χ3v) is 11.4. The zero-order valence-electron chi connectivity index (χ0n) is 28.9. The minimum atomic E-state index is -3.85. The number of hydrogen-bond donors (Lipinski definition) is 1. The van der Waals surface area contributed by atoms with Crippen LogP contribution < -0.4 is 10.9 Å². The van der Waals surface area contributed by atoms with E-state index in [0.29, 0.717) is 22.7 Å². The highest BCUT2D eigenvalue weighted by molar-refractivity contribution is 7.89. The summed E-state index contributed by atoms with van der Waals surface area (Å²) in [6, 6.07) is 20.2. The summed E-state index contributed by atoms with van der Waals surface area (Å²) >= 11 is 0. The highest BCUT2D eigenvalue weighted by Gasteiger charge is 2.29. The second kappa shape index (κ2) is 14.6. The number of nitrogens with zero attached hydrogens (tertiary/aromatic N) is 6. The van der Waals surface area contributed by atoms with Gasteiger partial charge in [-0.25, -0.2) is 22.2 Å². The van der Waals surface area contributed by atoms with Crippen LogP contribution in [0.5, 0.6) is 0 Å². The lowest BCUT2D eigenvalue weighted by molar-refractivity contribution is -0.122. The van der Waals surface area contributed by atoms with Crippen molar-refractivity contribution in [1.82, 2.24) is 33.9 Å². The topological polar surface area (TPSA) is 141 Å². The van der Waals surface area contributed by atoms with Gasteiger partial charge in [0, 0.05) is 49.5 Å². The quantitative estimate of drug-likeness (QED) is 0.197. The average molecular weight is 752 g/mol. The fourth-order valence-electron chi connectivity index (χ4n) is 6.70. The number of sulfonamides is 1. The molecule has 8 rings (SSSR count). The Kier molecular flexibility index (Phi) is 9.60. The van der Waals surface area contributed by atoms with Gasteiger partial charge in [0.05, 0.1) is 52.1 Å². The number of hydrogen-bond acceptors (Lipinski definition) is 8. The third-order valence-electron chi connectivity index (χ3n) is 9.53. The number of carbonyl (C=O) groups excluding carboxylic acids is 1. The van der Waals surface area contributed by atoms with Crippen LogP contribution in [0.15, 0.2) is 107 Å². The first-order valence-electron chi connectivity index (χ1n) is 17.6. The van der Waals surface area contributed by atoms with Crippen molar-refractivity contribution in [3.63, 3.8) is 0 Å². The fourth-order valence-corrected chi connectivity index (χ4v) is 8.11. The maximum atomic E-state index is 14.6. The second-order valence-corrected chi connectivity index (χ2v) is 15.3. The van der Waals surface area contributed by atoms with Gasteiger partial charge in [0.15, 0.2) is 0 Å². The van der Waals surface area contributed by atoms with Gasteiger partial charge in [-0.2, -0.15) is 9.40 Å². The normalized spacial score (nSPS) is 15.7. The van der Waals surface area contributed by atoms with Crippen molar-refractivity contribution in [3.05, 3.63) is 136 Å². The Morgan fingerprint density at radius 2 is 1.70 bits per heavy atom. The number of rotatable bonds is 11. The maximum absolute atomic E-state index is 14.6. The number of morpholine rings is 1. The van der Waals surface area contributed by atoms with Gasteiger partial charge < -0.3 is 10.1 Å². The molecule has 1 saturated carbocycles. The van der Waals surface area contributed by atoms with Crippen molar-refractivity contribution in [2.75, 3.05) is 26.3 Å². The van der Waals surface area contributed by atoms with Crippen LogP contribution in [0.25, 0.3) is 27.8 Å². The molecule has 276 valence electrons. The van der Waals surface area contributed by atoms with Gasteiger partial charge in [-0.1, -0.05) is 12.1 Å². The summed E-state index contributed by atoms with van der Waals surface area (Å²) in [5.41, 5.74) is 2.52. The molecule has 4 heterocycles. The average Bonchev–Trinajstić information content (AvgIpc) is 3.92. The summed E-state index contributed by atoms with van der Waals surface area (Å²) in [6.45, 7) is 0.837. The zero-order valence-corrected chi connectivity index (χ0v) is 29.8. The summed E-state index contributed by atoms with van der Waals surface area (Å²) in [7, 11) is -3.85. The number of aromatic nitrogens is 5. The van der Waals surface area contributed by atoms with Crippen LogP contribution in [-0.4, -0.2) is 69.2 Å². The summed E-state index contributed by atoms with van der Waals surface area (Å²) < 4.78 is 65.4. The Balaban J connectivity index is 1.25. The molecular weight excluding hydrogens is 717 g/mol.